The topological polar surface area (TPSA) is 29.5 Å². The van der Waals surface area contributed by atoms with Crippen molar-refractivity contribution in [3.63, 3.8) is 0 Å². The molecule has 0 aromatic heterocycles. The third-order valence-electron chi connectivity index (χ3n) is 2.75. The highest BCUT2D eigenvalue weighted by Gasteiger charge is 2.16. The molecule has 2 aromatic carbocycles. The summed E-state index contributed by atoms with van der Waals surface area (Å²) in [6.45, 7) is 0. The summed E-state index contributed by atoms with van der Waals surface area (Å²) in [4.78, 5) is 0. The average molecular weight is 318 g/mol. The van der Waals surface area contributed by atoms with E-state index in [1.165, 1.54) is 7.11 Å². The van der Waals surface area contributed by atoms with Crippen molar-refractivity contribution < 1.29 is 9.84 Å². The Bertz CT molecular complexity index is 599. The highest BCUT2D eigenvalue weighted by molar-refractivity contribution is 6.42. The second-order valence-electron chi connectivity index (χ2n) is 3.96. The number of methoxy groups -OCH3 is 1. The molecule has 0 aliphatic heterocycles. The summed E-state index contributed by atoms with van der Waals surface area (Å²) in [5, 5.41) is 11.8. The van der Waals surface area contributed by atoms with Crippen molar-refractivity contribution in [2.24, 2.45) is 0 Å². The molecule has 2 aromatic rings. The first kappa shape index (κ1) is 14.5. The van der Waals surface area contributed by atoms with Gasteiger partial charge >= 0.3 is 0 Å². The van der Waals surface area contributed by atoms with E-state index in [4.69, 9.17) is 39.5 Å². The zero-order valence-electron chi connectivity index (χ0n) is 10.0. The molecule has 0 heterocycles. The largest absolute Gasteiger partial charge is 0.496 e. The van der Waals surface area contributed by atoms with Gasteiger partial charge in [-0.3, -0.25) is 0 Å². The molecular formula is C14H11Cl3O2. The molecular weight excluding hydrogens is 307 g/mol. The quantitative estimate of drug-likeness (QED) is 0.886. The molecule has 0 fully saturated rings. The summed E-state index contributed by atoms with van der Waals surface area (Å²) in [5.74, 6) is 0.520. The molecule has 0 aliphatic rings. The fourth-order valence-electron chi connectivity index (χ4n) is 1.77. The molecule has 1 unspecified atom stereocenters. The van der Waals surface area contributed by atoms with Crippen molar-refractivity contribution in [2.75, 3.05) is 7.11 Å². The lowest BCUT2D eigenvalue weighted by Gasteiger charge is -2.16. The molecule has 0 radical (unpaired) electrons. The molecule has 19 heavy (non-hydrogen) atoms. The Kier molecular flexibility index (Phi) is 4.58. The Morgan fingerprint density at radius 3 is 2.37 bits per heavy atom. The number of hydrogen-bond donors (Lipinski definition) is 1. The van der Waals surface area contributed by atoms with E-state index in [2.05, 4.69) is 0 Å². The molecule has 0 amide bonds. The zero-order valence-corrected chi connectivity index (χ0v) is 12.3. The molecule has 0 spiro atoms. The highest BCUT2D eigenvalue weighted by Crippen LogP contribution is 2.34. The van der Waals surface area contributed by atoms with Crippen LogP contribution >= 0.6 is 34.8 Å². The number of benzene rings is 2. The Hall–Kier alpha value is -0.930. The molecule has 0 bridgehead atoms. The lowest BCUT2D eigenvalue weighted by molar-refractivity contribution is 0.215. The van der Waals surface area contributed by atoms with Crippen LogP contribution in [0.25, 0.3) is 0 Å². The van der Waals surface area contributed by atoms with E-state index in [1.54, 1.807) is 36.4 Å². The third-order valence-corrected chi connectivity index (χ3v) is 3.72. The van der Waals surface area contributed by atoms with Crippen molar-refractivity contribution in [2.45, 2.75) is 6.10 Å². The van der Waals surface area contributed by atoms with Crippen LogP contribution in [0.3, 0.4) is 0 Å². The number of rotatable bonds is 3. The molecule has 2 rings (SSSR count). The van der Waals surface area contributed by atoms with Crippen LogP contribution in [0, 0.1) is 0 Å². The first-order chi connectivity index (χ1) is 9.02. The van der Waals surface area contributed by atoms with Crippen molar-refractivity contribution >= 4 is 34.8 Å². The minimum Gasteiger partial charge on any atom is -0.496 e. The Morgan fingerprint density at radius 2 is 1.74 bits per heavy atom. The number of hydrogen-bond acceptors (Lipinski definition) is 2. The Labute approximate surface area is 126 Å². The van der Waals surface area contributed by atoms with Crippen molar-refractivity contribution in [3.05, 3.63) is 62.6 Å². The smallest absolute Gasteiger partial charge is 0.126 e. The van der Waals surface area contributed by atoms with Crippen molar-refractivity contribution in [3.8, 4) is 5.75 Å². The first-order valence-electron chi connectivity index (χ1n) is 5.49. The molecule has 2 nitrogen and oxygen atoms in total. The van der Waals surface area contributed by atoms with Gasteiger partial charge in [0.05, 0.1) is 17.2 Å². The van der Waals surface area contributed by atoms with Gasteiger partial charge in [0.1, 0.15) is 11.9 Å². The van der Waals surface area contributed by atoms with Gasteiger partial charge in [-0.25, -0.2) is 0 Å². The van der Waals surface area contributed by atoms with E-state index in [0.717, 1.165) is 0 Å². The number of halogens is 3. The maximum Gasteiger partial charge on any atom is 0.126 e. The minimum absolute atomic E-state index is 0.395. The van der Waals surface area contributed by atoms with E-state index in [1.807, 2.05) is 0 Å². The third kappa shape index (κ3) is 3.15. The predicted octanol–water partition coefficient (Wildman–Crippen LogP) is 4.74. The van der Waals surface area contributed by atoms with E-state index in [-0.39, 0.29) is 0 Å². The van der Waals surface area contributed by atoms with Crippen LogP contribution in [0.15, 0.2) is 36.4 Å². The Morgan fingerprint density at radius 1 is 1.00 bits per heavy atom. The minimum atomic E-state index is -0.859. The van der Waals surface area contributed by atoms with Crippen molar-refractivity contribution in [1.29, 1.82) is 0 Å². The number of aliphatic hydroxyl groups is 1. The fourth-order valence-corrected chi connectivity index (χ4v) is 2.24. The first-order valence-corrected chi connectivity index (χ1v) is 6.62. The molecule has 1 N–H and O–H groups in total. The normalized spacial score (nSPS) is 12.3. The van der Waals surface area contributed by atoms with E-state index >= 15 is 0 Å². The summed E-state index contributed by atoms with van der Waals surface area (Å²) in [5.41, 5.74) is 1.25. The second kappa shape index (κ2) is 6.02. The standard InChI is InChI=1S/C14H11Cl3O2/c1-19-13-7-9(15)3-4-10(13)14(18)8-2-5-11(16)12(17)6-8/h2-7,14,18H,1H3. The van der Waals surface area contributed by atoms with Gasteiger partial charge in [0.2, 0.25) is 0 Å². The molecule has 100 valence electrons. The summed E-state index contributed by atoms with van der Waals surface area (Å²) in [7, 11) is 1.52. The van der Waals surface area contributed by atoms with E-state index < -0.39 is 6.10 Å². The number of ether oxygens (including phenoxy) is 1. The van der Waals surface area contributed by atoms with Gasteiger partial charge in [0, 0.05) is 10.6 Å². The van der Waals surface area contributed by atoms with E-state index in [9.17, 15) is 5.11 Å². The lowest BCUT2D eigenvalue weighted by atomic mass is 10.0. The summed E-state index contributed by atoms with van der Waals surface area (Å²) < 4.78 is 5.22. The lowest BCUT2D eigenvalue weighted by Crippen LogP contribution is -2.02. The molecule has 0 saturated heterocycles. The number of aliphatic hydroxyl groups excluding tert-OH is 1. The molecule has 5 heteroatoms. The molecule has 0 aliphatic carbocycles. The zero-order chi connectivity index (χ0) is 14.0. The van der Waals surface area contributed by atoms with Crippen LogP contribution in [0.4, 0.5) is 0 Å². The van der Waals surface area contributed by atoms with Gasteiger partial charge in [0.25, 0.3) is 0 Å². The van der Waals surface area contributed by atoms with Crippen LogP contribution in [-0.2, 0) is 0 Å². The van der Waals surface area contributed by atoms with Crippen molar-refractivity contribution in [1.82, 2.24) is 0 Å². The van der Waals surface area contributed by atoms with Gasteiger partial charge in [-0.1, -0.05) is 46.9 Å². The summed E-state index contributed by atoms with van der Waals surface area (Å²) in [6.07, 6.45) is -0.859. The van der Waals surface area contributed by atoms with Gasteiger partial charge in [-0.05, 0) is 29.8 Å². The highest BCUT2D eigenvalue weighted by atomic mass is 35.5. The summed E-state index contributed by atoms with van der Waals surface area (Å²) in [6, 6.07) is 10.0. The van der Waals surface area contributed by atoms with Crippen LogP contribution in [-0.4, -0.2) is 12.2 Å². The maximum absolute atomic E-state index is 10.4. The van der Waals surface area contributed by atoms with Crippen LogP contribution in [0.5, 0.6) is 5.75 Å². The monoisotopic (exact) mass is 316 g/mol. The van der Waals surface area contributed by atoms with Crippen LogP contribution in [0.2, 0.25) is 15.1 Å². The van der Waals surface area contributed by atoms with Crippen LogP contribution in [0.1, 0.15) is 17.2 Å². The van der Waals surface area contributed by atoms with Gasteiger partial charge in [0.15, 0.2) is 0 Å². The van der Waals surface area contributed by atoms with Gasteiger partial charge in [-0.2, -0.15) is 0 Å². The van der Waals surface area contributed by atoms with E-state index in [0.29, 0.717) is 31.9 Å². The van der Waals surface area contributed by atoms with Crippen LogP contribution < -0.4 is 4.74 Å². The summed E-state index contributed by atoms with van der Waals surface area (Å²) >= 11 is 17.7. The molecule has 1 atom stereocenters. The Balaban J connectivity index is 2.43. The van der Waals surface area contributed by atoms with Gasteiger partial charge < -0.3 is 9.84 Å². The SMILES string of the molecule is COc1cc(Cl)ccc1C(O)c1ccc(Cl)c(Cl)c1. The predicted molar refractivity (Wildman–Crippen MR) is 78.5 cm³/mol. The fraction of sp³-hybridized carbons (Fsp3) is 0.143. The molecule has 0 saturated carbocycles. The second-order valence-corrected chi connectivity index (χ2v) is 5.21. The average Bonchev–Trinajstić information content (AvgIpc) is 2.41. The maximum atomic E-state index is 10.4. The van der Waals surface area contributed by atoms with Gasteiger partial charge in [-0.15, -0.1) is 0 Å².